The molecule has 0 bridgehead atoms. The van der Waals surface area contributed by atoms with Gasteiger partial charge in [0.05, 0.1) is 6.07 Å². The normalized spacial score (nSPS) is 19.4. The standard InChI is InChI=1S/C14H18BrN3/c1-11-9-12(3-4-13(11)15)14(10-16)18-7-5-17(2)6-8-18/h3-4,9,14H,5-8H2,1-2H3. The third kappa shape index (κ3) is 2.92. The van der Waals surface area contributed by atoms with E-state index in [1.807, 2.05) is 12.1 Å². The molecular formula is C14H18BrN3. The van der Waals surface area contributed by atoms with Crippen LogP contribution in [0.5, 0.6) is 0 Å². The van der Waals surface area contributed by atoms with Crippen LogP contribution in [0.25, 0.3) is 0 Å². The van der Waals surface area contributed by atoms with Gasteiger partial charge < -0.3 is 4.90 Å². The van der Waals surface area contributed by atoms with E-state index in [1.165, 1.54) is 5.56 Å². The van der Waals surface area contributed by atoms with Crippen molar-refractivity contribution in [2.75, 3.05) is 33.2 Å². The van der Waals surface area contributed by atoms with Crippen molar-refractivity contribution < 1.29 is 0 Å². The van der Waals surface area contributed by atoms with Gasteiger partial charge in [-0.05, 0) is 31.2 Å². The second-order valence-electron chi connectivity index (χ2n) is 4.88. The fourth-order valence-electron chi connectivity index (χ4n) is 2.29. The maximum atomic E-state index is 9.44. The number of likely N-dealkylation sites (N-methyl/N-ethyl adjacent to an activating group) is 1. The van der Waals surface area contributed by atoms with E-state index in [9.17, 15) is 5.26 Å². The molecule has 2 rings (SSSR count). The van der Waals surface area contributed by atoms with Crippen LogP contribution in [0.1, 0.15) is 17.2 Å². The summed E-state index contributed by atoms with van der Waals surface area (Å²) >= 11 is 3.50. The molecule has 4 heteroatoms. The molecule has 1 heterocycles. The number of rotatable bonds is 2. The Morgan fingerprint density at radius 1 is 1.28 bits per heavy atom. The van der Waals surface area contributed by atoms with Crippen LogP contribution >= 0.6 is 15.9 Å². The van der Waals surface area contributed by atoms with Gasteiger partial charge in [0.2, 0.25) is 0 Å². The van der Waals surface area contributed by atoms with Crippen molar-refractivity contribution in [1.29, 1.82) is 5.26 Å². The number of aryl methyl sites for hydroxylation is 1. The highest BCUT2D eigenvalue weighted by molar-refractivity contribution is 9.10. The molecule has 1 aromatic carbocycles. The zero-order valence-electron chi connectivity index (χ0n) is 10.9. The first-order chi connectivity index (χ1) is 8.61. The summed E-state index contributed by atoms with van der Waals surface area (Å²) in [5.41, 5.74) is 2.28. The zero-order chi connectivity index (χ0) is 13.1. The van der Waals surface area contributed by atoms with Gasteiger partial charge in [0.25, 0.3) is 0 Å². The summed E-state index contributed by atoms with van der Waals surface area (Å²) in [6.45, 7) is 6.06. The molecule has 1 fully saturated rings. The predicted molar refractivity (Wildman–Crippen MR) is 76.3 cm³/mol. The second-order valence-corrected chi connectivity index (χ2v) is 5.73. The average Bonchev–Trinajstić information content (AvgIpc) is 2.37. The largest absolute Gasteiger partial charge is 0.304 e. The third-order valence-corrected chi connectivity index (χ3v) is 4.41. The van der Waals surface area contributed by atoms with Crippen molar-refractivity contribution in [3.8, 4) is 6.07 Å². The first-order valence-electron chi connectivity index (χ1n) is 6.20. The Morgan fingerprint density at radius 2 is 1.94 bits per heavy atom. The third-order valence-electron chi connectivity index (χ3n) is 3.52. The average molecular weight is 308 g/mol. The van der Waals surface area contributed by atoms with Gasteiger partial charge in [-0.2, -0.15) is 5.26 Å². The predicted octanol–water partition coefficient (Wildman–Crippen LogP) is 2.57. The zero-order valence-corrected chi connectivity index (χ0v) is 12.4. The number of halogens is 1. The van der Waals surface area contributed by atoms with Crippen LogP contribution in [0.15, 0.2) is 22.7 Å². The van der Waals surface area contributed by atoms with E-state index in [1.54, 1.807) is 0 Å². The molecule has 1 unspecified atom stereocenters. The molecule has 0 amide bonds. The van der Waals surface area contributed by atoms with Crippen LogP contribution < -0.4 is 0 Å². The van der Waals surface area contributed by atoms with Crippen molar-refractivity contribution in [2.24, 2.45) is 0 Å². The molecule has 1 saturated heterocycles. The molecule has 0 N–H and O–H groups in total. The lowest BCUT2D eigenvalue weighted by Gasteiger charge is -2.35. The van der Waals surface area contributed by atoms with Gasteiger partial charge >= 0.3 is 0 Å². The number of piperazine rings is 1. The molecule has 3 nitrogen and oxygen atoms in total. The number of benzene rings is 1. The van der Waals surface area contributed by atoms with Crippen LogP contribution in [0, 0.1) is 18.3 Å². The van der Waals surface area contributed by atoms with Crippen LogP contribution in [0.4, 0.5) is 0 Å². The van der Waals surface area contributed by atoms with E-state index in [-0.39, 0.29) is 6.04 Å². The Labute approximate surface area is 117 Å². The number of hydrogen-bond donors (Lipinski definition) is 0. The Morgan fingerprint density at radius 3 is 2.50 bits per heavy atom. The number of nitriles is 1. The molecule has 0 aromatic heterocycles. The molecule has 96 valence electrons. The van der Waals surface area contributed by atoms with E-state index in [0.717, 1.165) is 36.2 Å². The second kappa shape index (κ2) is 5.83. The van der Waals surface area contributed by atoms with E-state index < -0.39 is 0 Å². The SMILES string of the molecule is Cc1cc(C(C#N)N2CCN(C)CC2)ccc1Br. The molecule has 1 aliphatic rings. The molecule has 0 spiro atoms. The van der Waals surface area contributed by atoms with E-state index >= 15 is 0 Å². The van der Waals surface area contributed by atoms with Gasteiger partial charge in [-0.3, -0.25) is 4.90 Å². The highest BCUT2D eigenvalue weighted by Crippen LogP contribution is 2.25. The van der Waals surface area contributed by atoms with Gasteiger partial charge in [-0.1, -0.05) is 28.1 Å². The minimum Gasteiger partial charge on any atom is -0.304 e. The van der Waals surface area contributed by atoms with Gasteiger partial charge in [0, 0.05) is 30.7 Å². The molecular weight excluding hydrogens is 290 g/mol. The quantitative estimate of drug-likeness (QED) is 0.841. The Kier molecular flexibility index (Phi) is 4.39. The van der Waals surface area contributed by atoms with Gasteiger partial charge in [0.1, 0.15) is 6.04 Å². The fourth-order valence-corrected chi connectivity index (χ4v) is 2.53. The number of hydrogen-bond acceptors (Lipinski definition) is 3. The lowest BCUT2D eigenvalue weighted by Crippen LogP contribution is -2.45. The topological polar surface area (TPSA) is 30.3 Å². The minimum absolute atomic E-state index is 0.120. The molecule has 1 atom stereocenters. The van der Waals surface area contributed by atoms with Crippen LogP contribution in [-0.2, 0) is 0 Å². The first-order valence-corrected chi connectivity index (χ1v) is 6.99. The van der Waals surface area contributed by atoms with Crippen LogP contribution in [0.2, 0.25) is 0 Å². The first kappa shape index (κ1) is 13.5. The maximum absolute atomic E-state index is 9.44. The summed E-state index contributed by atoms with van der Waals surface area (Å²) in [6, 6.07) is 8.51. The Hall–Kier alpha value is -0.890. The molecule has 0 aliphatic carbocycles. The summed E-state index contributed by atoms with van der Waals surface area (Å²) in [6.07, 6.45) is 0. The lowest BCUT2D eigenvalue weighted by molar-refractivity contribution is 0.133. The summed E-state index contributed by atoms with van der Waals surface area (Å²) < 4.78 is 1.10. The smallest absolute Gasteiger partial charge is 0.123 e. The van der Waals surface area contributed by atoms with E-state index in [0.29, 0.717) is 0 Å². The highest BCUT2D eigenvalue weighted by atomic mass is 79.9. The molecule has 0 saturated carbocycles. The monoisotopic (exact) mass is 307 g/mol. The van der Waals surface area contributed by atoms with Crippen molar-refractivity contribution in [3.05, 3.63) is 33.8 Å². The van der Waals surface area contributed by atoms with Gasteiger partial charge in [-0.25, -0.2) is 0 Å². The van der Waals surface area contributed by atoms with Crippen molar-refractivity contribution in [2.45, 2.75) is 13.0 Å². The fraction of sp³-hybridized carbons (Fsp3) is 0.500. The molecule has 1 aliphatic heterocycles. The van der Waals surface area contributed by atoms with Crippen molar-refractivity contribution in [3.63, 3.8) is 0 Å². The van der Waals surface area contributed by atoms with Crippen LogP contribution in [-0.4, -0.2) is 43.0 Å². The van der Waals surface area contributed by atoms with Gasteiger partial charge in [-0.15, -0.1) is 0 Å². The summed E-state index contributed by atoms with van der Waals surface area (Å²) in [5.74, 6) is 0. The summed E-state index contributed by atoms with van der Waals surface area (Å²) in [4.78, 5) is 4.57. The van der Waals surface area contributed by atoms with E-state index in [4.69, 9.17) is 0 Å². The molecule has 0 radical (unpaired) electrons. The van der Waals surface area contributed by atoms with Crippen LogP contribution in [0.3, 0.4) is 0 Å². The maximum Gasteiger partial charge on any atom is 0.123 e. The summed E-state index contributed by atoms with van der Waals surface area (Å²) in [7, 11) is 2.13. The molecule has 1 aromatic rings. The Bertz CT molecular complexity index is 459. The highest BCUT2D eigenvalue weighted by Gasteiger charge is 2.23. The van der Waals surface area contributed by atoms with Crippen molar-refractivity contribution in [1.82, 2.24) is 9.80 Å². The number of nitrogens with zero attached hydrogens (tertiary/aromatic N) is 3. The van der Waals surface area contributed by atoms with Crippen molar-refractivity contribution >= 4 is 15.9 Å². The lowest BCUT2D eigenvalue weighted by atomic mass is 10.0. The molecule has 18 heavy (non-hydrogen) atoms. The minimum atomic E-state index is -0.120. The Balaban J connectivity index is 2.18. The van der Waals surface area contributed by atoms with E-state index in [2.05, 4.69) is 51.8 Å². The summed E-state index contributed by atoms with van der Waals surface area (Å²) in [5, 5.41) is 9.44. The van der Waals surface area contributed by atoms with Gasteiger partial charge in [0.15, 0.2) is 0 Å².